The van der Waals surface area contributed by atoms with Crippen molar-refractivity contribution in [1.29, 1.82) is 0 Å². The third-order valence-electron chi connectivity index (χ3n) is 4.67. The maximum Gasteiger partial charge on any atom is 0.125 e. The summed E-state index contributed by atoms with van der Waals surface area (Å²) in [6.07, 6.45) is 3.83. The Morgan fingerprint density at radius 2 is 1.78 bits per heavy atom. The Labute approximate surface area is 119 Å². The van der Waals surface area contributed by atoms with Gasteiger partial charge in [-0.15, -0.1) is 0 Å². The first kappa shape index (κ1) is 13.9. The highest BCUT2D eigenvalue weighted by Gasteiger charge is 2.53. The molecule has 18 heavy (non-hydrogen) atoms. The summed E-state index contributed by atoms with van der Waals surface area (Å²) in [6, 6.07) is 6.36. The zero-order valence-corrected chi connectivity index (χ0v) is 13.4. The summed E-state index contributed by atoms with van der Waals surface area (Å²) in [4.78, 5) is 0.606. The van der Waals surface area contributed by atoms with E-state index >= 15 is 0 Å². The highest BCUT2D eigenvalue weighted by atomic mass is 79.9. The standard InChI is InChI=1S/C16H23BrO/c1-5-16(6-2)13(17)10-14(16)18-15-11(3)8-7-9-12(15)4/h7-9,13-14H,5-6,10H2,1-4H3. The van der Waals surface area contributed by atoms with Crippen LogP contribution in [0.5, 0.6) is 5.75 Å². The zero-order chi connectivity index (χ0) is 13.3. The van der Waals surface area contributed by atoms with Crippen LogP contribution in [-0.4, -0.2) is 10.9 Å². The van der Waals surface area contributed by atoms with Gasteiger partial charge in [0.25, 0.3) is 0 Å². The van der Waals surface area contributed by atoms with Crippen LogP contribution in [0.15, 0.2) is 18.2 Å². The number of aryl methyl sites for hydroxylation is 2. The molecule has 0 saturated heterocycles. The van der Waals surface area contributed by atoms with E-state index in [1.54, 1.807) is 0 Å². The van der Waals surface area contributed by atoms with Crippen molar-refractivity contribution in [3.8, 4) is 5.75 Å². The molecular weight excluding hydrogens is 288 g/mol. The molecular formula is C16H23BrO. The third kappa shape index (κ3) is 2.09. The van der Waals surface area contributed by atoms with Gasteiger partial charge < -0.3 is 4.74 Å². The molecule has 1 fully saturated rings. The molecule has 1 aliphatic carbocycles. The van der Waals surface area contributed by atoms with Crippen molar-refractivity contribution in [2.24, 2.45) is 5.41 Å². The number of alkyl halides is 1. The number of rotatable bonds is 4. The van der Waals surface area contributed by atoms with Crippen LogP contribution in [0, 0.1) is 19.3 Å². The van der Waals surface area contributed by atoms with Crippen molar-refractivity contribution in [2.75, 3.05) is 0 Å². The number of para-hydroxylation sites is 1. The Morgan fingerprint density at radius 3 is 2.22 bits per heavy atom. The van der Waals surface area contributed by atoms with Crippen molar-refractivity contribution in [2.45, 2.75) is 57.9 Å². The van der Waals surface area contributed by atoms with Gasteiger partial charge in [-0.1, -0.05) is 48.0 Å². The largest absolute Gasteiger partial charge is 0.489 e. The maximum absolute atomic E-state index is 6.35. The number of hydrogen-bond donors (Lipinski definition) is 0. The van der Waals surface area contributed by atoms with E-state index in [4.69, 9.17) is 4.74 Å². The van der Waals surface area contributed by atoms with Gasteiger partial charge in [0.2, 0.25) is 0 Å². The molecule has 2 rings (SSSR count). The lowest BCUT2D eigenvalue weighted by atomic mass is 9.62. The quantitative estimate of drug-likeness (QED) is 0.709. The lowest BCUT2D eigenvalue weighted by Gasteiger charge is -2.53. The number of halogens is 1. The molecule has 1 aromatic carbocycles. The van der Waals surface area contributed by atoms with Crippen LogP contribution in [-0.2, 0) is 0 Å². The molecule has 1 aromatic rings. The molecule has 1 aliphatic rings. The summed E-state index contributed by atoms with van der Waals surface area (Å²) in [7, 11) is 0. The fourth-order valence-corrected chi connectivity index (χ4v) is 4.42. The highest BCUT2D eigenvalue weighted by molar-refractivity contribution is 9.09. The third-order valence-corrected chi connectivity index (χ3v) is 5.96. The van der Waals surface area contributed by atoms with Crippen LogP contribution in [0.2, 0.25) is 0 Å². The second-order valence-electron chi connectivity index (χ2n) is 5.47. The average Bonchev–Trinajstić information content (AvgIpc) is 2.34. The lowest BCUT2D eigenvalue weighted by Crippen LogP contribution is -2.56. The molecule has 2 atom stereocenters. The van der Waals surface area contributed by atoms with Crippen LogP contribution in [0.1, 0.15) is 44.2 Å². The molecule has 1 nitrogen and oxygen atoms in total. The second kappa shape index (κ2) is 5.24. The molecule has 100 valence electrons. The van der Waals surface area contributed by atoms with Crippen LogP contribution in [0.3, 0.4) is 0 Å². The van der Waals surface area contributed by atoms with Crippen LogP contribution in [0.25, 0.3) is 0 Å². The first-order valence-corrected chi connectivity index (χ1v) is 7.83. The minimum Gasteiger partial charge on any atom is -0.489 e. The molecule has 0 heterocycles. The predicted molar refractivity (Wildman–Crippen MR) is 80.7 cm³/mol. The summed E-state index contributed by atoms with van der Waals surface area (Å²) in [5, 5.41) is 0. The first-order chi connectivity index (χ1) is 8.55. The van der Waals surface area contributed by atoms with Gasteiger partial charge in [-0.2, -0.15) is 0 Å². The predicted octanol–water partition coefficient (Wildman–Crippen LogP) is 5.02. The van der Waals surface area contributed by atoms with Crippen LogP contribution in [0.4, 0.5) is 0 Å². The highest BCUT2D eigenvalue weighted by Crippen LogP contribution is 2.53. The van der Waals surface area contributed by atoms with E-state index in [0.29, 0.717) is 16.3 Å². The van der Waals surface area contributed by atoms with Crippen LogP contribution < -0.4 is 4.74 Å². The Kier molecular flexibility index (Phi) is 4.05. The van der Waals surface area contributed by atoms with E-state index in [0.717, 1.165) is 12.2 Å². The zero-order valence-electron chi connectivity index (χ0n) is 11.8. The van der Waals surface area contributed by atoms with Crippen molar-refractivity contribution < 1.29 is 4.74 Å². The fourth-order valence-electron chi connectivity index (χ4n) is 3.14. The molecule has 2 unspecified atom stereocenters. The summed E-state index contributed by atoms with van der Waals surface area (Å²) in [5.41, 5.74) is 2.80. The Balaban J connectivity index is 2.20. The Morgan fingerprint density at radius 1 is 1.22 bits per heavy atom. The number of hydrogen-bond acceptors (Lipinski definition) is 1. The molecule has 0 radical (unpaired) electrons. The topological polar surface area (TPSA) is 9.23 Å². The molecule has 0 spiro atoms. The van der Waals surface area contributed by atoms with Gasteiger partial charge in [-0.25, -0.2) is 0 Å². The maximum atomic E-state index is 6.35. The van der Waals surface area contributed by atoms with Gasteiger partial charge in [0.05, 0.1) is 0 Å². The van der Waals surface area contributed by atoms with Crippen molar-refractivity contribution in [3.63, 3.8) is 0 Å². The van der Waals surface area contributed by atoms with E-state index < -0.39 is 0 Å². The molecule has 0 aromatic heterocycles. The van der Waals surface area contributed by atoms with Gasteiger partial charge in [0.15, 0.2) is 0 Å². The SMILES string of the molecule is CCC1(CC)C(Br)CC1Oc1c(C)cccc1C. The van der Waals surface area contributed by atoms with E-state index in [2.05, 4.69) is 61.8 Å². The number of benzene rings is 1. The van der Waals surface area contributed by atoms with Gasteiger partial charge in [0, 0.05) is 10.2 Å². The van der Waals surface area contributed by atoms with Gasteiger partial charge >= 0.3 is 0 Å². The molecule has 0 N–H and O–H groups in total. The molecule has 1 saturated carbocycles. The van der Waals surface area contributed by atoms with Gasteiger partial charge in [-0.3, -0.25) is 0 Å². The fraction of sp³-hybridized carbons (Fsp3) is 0.625. The molecule has 0 amide bonds. The minimum atomic E-state index is 0.314. The Hall–Kier alpha value is -0.500. The average molecular weight is 311 g/mol. The van der Waals surface area contributed by atoms with Gasteiger partial charge in [-0.05, 0) is 44.2 Å². The first-order valence-electron chi connectivity index (χ1n) is 6.92. The Bertz CT molecular complexity index is 403. The summed E-state index contributed by atoms with van der Waals surface area (Å²) >= 11 is 3.81. The van der Waals surface area contributed by atoms with Crippen molar-refractivity contribution >= 4 is 15.9 Å². The minimum absolute atomic E-state index is 0.314. The van der Waals surface area contributed by atoms with Crippen molar-refractivity contribution in [3.05, 3.63) is 29.3 Å². The summed E-state index contributed by atoms with van der Waals surface area (Å²) in [5.74, 6) is 1.09. The van der Waals surface area contributed by atoms with Crippen LogP contribution >= 0.6 is 15.9 Å². The second-order valence-corrected chi connectivity index (χ2v) is 6.58. The van der Waals surface area contributed by atoms with Gasteiger partial charge in [0.1, 0.15) is 11.9 Å². The summed E-state index contributed by atoms with van der Waals surface area (Å²) < 4.78 is 6.35. The smallest absolute Gasteiger partial charge is 0.125 e. The lowest BCUT2D eigenvalue weighted by molar-refractivity contribution is -0.0417. The van der Waals surface area contributed by atoms with Crippen molar-refractivity contribution in [1.82, 2.24) is 0 Å². The van der Waals surface area contributed by atoms with E-state index in [1.807, 2.05) is 0 Å². The number of ether oxygens (including phenoxy) is 1. The monoisotopic (exact) mass is 310 g/mol. The van der Waals surface area contributed by atoms with E-state index in [-0.39, 0.29) is 0 Å². The van der Waals surface area contributed by atoms with E-state index in [1.165, 1.54) is 24.0 Å². The van der Waals surface area contributed by atoms with E-state index in [9.17, 15) is 0 Å². The molecule has 0 aliphatic heterocycles. The molecule has 0 bridgehead atoms. The normalized spacial score (nSPS) is 25.6. The summed E-state index contributed by atoms with van der Waals surface area (Å²) in [6.45, 7) is 8.81. The molecule has 2 heteroatoms.